The molecular weight excluding hydrogens is 285 g/mol. The maximum atomic E-state index is 13.6. The molecule has 19 heavy (non-hydrogen) atoms. The molecule has 0 saturated heterocycles. The first-order valence-electron chi connectivity index (χ1n) is 5.77. The molecule has 1 amide bonds. The van der Waals surface area contributed by atoms with Crippen LogP contribution in [0.4, 0.5) is 4.39 Å². The molecule has 0 aliphatic heterocycles. The van der Waals surface area contributed by atoms with Crippen LogP contribution >= 0.6 is 22.9 Å². The summed E-state index contributed by atoms with van der Waals surface area (Å²) >= 11 is 7.50. The average Bonchev–Trinajstić information content (AvgIpc) is 2.86. The van der Waals surface area contributed by atoms with E-state index in [1.165, 1.54) is 12.1 Å². The zero-order valence-corrected chi connectivity index (χ0v) is 12.0. The highest BCUT2D eigenvalue weighted by atomic mass is 35.5. The molecule has 0 N–H and O–H groups in total. The zero-order valence-electron chi connectivity index (χ0n) is 10.4. The minimum absolute atomic E-state index is 0.0205. The van der Waals surface area contributed by atoms with Gasteiger partial charge in [0, 0.05) is 22.5 Å². The molecule has 1 aromatic carbocycles. The fraction of sp³-hybridized carbons (Fsp3) is 0.214. The molecule has 0 unspecified atom stereocenters. The van der Waals surface area contributed by atoms with E-state index in [-0.39, 0.29) is 22.9 Å². The number of hydrogen-bond acceptors (Lipinski definition) is 2. The van der Waals surface area contributed by atoms with Gasteiger partial charge in [-0.15, -0.1) is 11.3 Å². The maximum absolute atomic E-state index is 13.6. The maximum Gasteiger partial charge on any atom is 0.227 e. The van der Waals surface area contributed by atoms with Crippen molar-refractivity contribution in [3.8, 4) is 0 Å². The summed E-state index contributed by atoms with van der Waals surface area (Å²) in [6.45, 7) is 0.530. The third kappa shape index (κ3) is 3.55. The molecule has 1 aromatic heterocycles. The number of carbonyl (C=O) groups excluding carboxylic acids is 1. The molecule has 0 atom stereocenters. The first-order valence-corrected chi connectivity index (χ1v) is 7.03. The van der Waals surface area contributed by atoms with E-state index in [1.807, 2.05) is 17.5 Å². The van der Waals surface area contributed by atoms with Gasteiger partial charge in [0.25, 0.3) is 0 Å². The van der Waals surface area contributed by atoms with Gasteiger partial charge in [-0.25, -0.2) is 4.39 Å². The number of likely N-dealkylation sites (N-methyl/N-ethyl adjacent to an activating group) is 1. The van der Waals surface area contributed by atoms with Gasteiger partial charge in [-0.3, -0.25) is 4.79 Å². The molecule has 100 valence electrons. The number of rotatable bonds is 4. The SMILES string of the molecule is CN(Cc1cccs1)C(=O)Cc1c(F)cccc1Cl. The highest BCUT2D eigenvalue weighted by molar-refractivity contribution is 7.09. The number of amides is 1. The quantitative estimate of drug-likeness (QED) is 0.842. The Bertz CT molecular complexity index is 551. The van der Waals surface area contributed by atoms with Crippen molar-refractivity contribution in [3.63, 3.8) is 0 Å². The predicted octanol–water partition coefficient (Wildman–Crippen LogP) is 3.74. The van der Waals surface area contributed by atoms with Crippen LogP contribution in [0, 0.1) is 5.82 Å². The number of thiophene rings is 1. The van der Waals surface area contributed by atoms with Gasteiger partial charge in [0.1, 0.15) is 5.82 Å². The van der Waals surface area contributed by atoms with Gasteiger partial charge >= 0.3 is 0 Å². The summed E-state index contributed by atoms with van der Waals surface area (Å²) in [5, 5.41) is 2.25. The summed E-state index contributed by atoms with van der Waals surface area (Å²) in [6, 6.07) is 8.33. The number of carbonyl (C=O) groups is 1. The molecule has 0 saturated carbocycles. The lowest BCUT2D eigenvalue weighted by molar-refractivity contribution is -0.129. The van der Waals surface area contributed by atoms with Crippen molar-refractivity contribution in [1.82, 2.24) is 4.90 Å². The first kappa shape index (κ1) is 14.0. The van der Waals surface area contributed by atoms with Crippen LogP contribution in [-0.2, 0) is 17.8 Å². The summed E-state index contributed by atoms with van der Waals surface area (Å²) in [5.41, 5.74) is 0.257. The average molecular weight is 298 g/mol. The minimum Gasteiger partial charge on any atom is -0.340 e. The second-order valence-electron chi connectivity index (χ2n) is 4.21. The van der Waals surface area contributed by atoms with Crippen LogP contribution in [-0.4, -0.2) is 17.9 Å². The number of benzene rings is 1. The molecule has 5 heteroatoms. The van der Waals surface area contributed by atoms with Crippen molar-refractivity contribution in [2.45, 2.75) is 13.0 Å². The van der Waals surface area contributed by atoms with E-state index in [0.717, 1.165) is 4.88 Å². The van der Waals surface area contributed by atoms with Crippen molar-refractivity contribution >= 4 is 28.8 Å². The van der Waals surface area contributed by atoms with Crippen LogP contribution in [0.5, 0.6) is 0 Å². The highest BCUT2D eigenvalue weighted by Gasteiger charge is 2.15. The van der Waals surface area contributed by atoms with E-state index < -0.39 is 5.82 Å². The fourth-order valence-electron chi connectivity index (χ4n) is 1.71. The Morgan fingerprint density at radius 3 is 2.79 bits per heavy atom. The Morgan fingerprint density at radius 1 is 1.37 bits per heavy atom. The van der Waals surface area contributed by atoms with Crippen molar-refractivity contribution < 1.29 is 9.18 Å². The van der Waals surface area contributed by atoms with Gasteiger partial charge in [-0.1, -0.05) is 23.7 Å². The topological polar surface area (TPSA) is 20.3 Å². The zero-order chi connectivity index (χ0) is 13.8. The summed E-state index contributed by atoms with van der Waals surface area (Å²) in [5.74, 6) is -0.592. The standard InChI is InChI=1S/C14H13ClFNOS/c1-17(9-10-4-3-7-19-10)14(18)8-11-12(15)5-2-6-13(11)16/h2-7H,8-9H2,1H3. The van der Waals surface area contributed by atoms with Gasteiger partial charge in [0.15, 0.2) is 0 Å². The molecule has 0 aliphatic rings. The van der Waals surface area contributed by atoms with Crippen LogP contribution < -0.4 is 0 Å². The molecule has 0 bridgehead atoms. The van der Waals surface area contributed by atoms with E-state index in [9.17, 15) is 9.18 Å². The molecular formula is C14H13ClFNOS. The lowest BCUT2D eigenvalue weighted by Gasteiger charge is -2.16. The number of hydrogen-bond donors (Lipinski definition) is 0. The molecule has 2 aromatic rings. The lowest BCUT2D eigenvalue weighted by Crippen LogP contribution is -2.27. The Morgan fingerprint density at radius 2 is 2.16 bits per heavy atom. The van der Waals surface area contributed by atoms with Gasteiger partial charge in [0.05, 0.1) is 13.0 Å². The van der Waals surface area contributed by atoms with Crippen LogP contribution in [0.25, 0.3) is 0 Å². The third-order valence-electron chi connectivity index (χ3n) is 2.79. The summed E-state index contributed by atoms with van der Waals surface area (Å²) < 4.78 is 13.6. The Kier molecular flexibility index (Phi) is 4.56. The van der Waals surface area contributed by atoms with Crippen LogP contribution in [0.15, 0.2) is 35.7 Å². The molecule has 1 heterocycles. The van der Waals surface area contributed by atoms with Crippen molar-refractivity contribution in [3.05, 3.63) is 57.0 Å². The smallest absolute Gasteiger partial charge is 0.227 e. The monoisotopic (exact) mass is 297 g/mol. The fourth-order valence-corrected chi connectivity index (χ4v) is 2.70. The Labute approximate surface area is 120 Å². The Hall–Kier alpha value is -1.39. The van der Waals surface area contributed by atoms with Crippen LogP contribution in [0.1, 0.15) is 10.4 Å². The second-order valence-corrected chi connectivity index (χ2v) is 5.65. The van der Waals surface area contributed by atoms with Gasteiger partial charge in [0.2, 0.25) is 5.91 Å². The molecule has 0 aliphatic carbocycles. The molecule has 2 nitrogen and oxygen atoms in total. The van der Waals surface area contributed by atoms with E-state index in [1.54, 1.807) is 29.4 Å². The highest BCUT2D eigenvalue weighted by Crippen LogP contribution is 2.20. The molecule has 0 fully saturated rings. The van der Waals surface area contributed by atoms with Gasteiger partial charge < -0.3 is 4.90 Å². The Balaban J connectivity index is 2.04. The second kappa shape index (κ2) is 6.17. The molecule has 2 rings (SSSR count). The third-order valence-corrected chi connectivity index (χ3v) is 4.00. The summed E-state index contributed by atoms with van der Waals surface area (Å²) in [7, 11) is 1.71. The molecule has 0 radical (unpaired) electrons. The van der Waals surface area contributed by atoms with Gasteiger partial charge in [-0.05, 0) is 23.6 Å². The number of nitrogens with zero attached hydrogens (tertiary/aromatic N) is 1. The number of halogens is 2. The molecule has 0 spiro atoms. The predicted molar refractivity (Wildman–Crippen MR) is 75.9 cm³/mol. The van der Waals surface area contributed by atoms with Crippen molar-refractivity contribution in [2.24, 2.45) is 0 Å². The van der Waals surface area contributed by atoms with E-state index in [2.05, 4.69) is 0 Å². The van der Waals surface area contributed by atoms with Crippen molar-refractivity contribution in [2.75, 3.05) is 7.05 Å². The summed E-state index contributed by atoms with van der Waals surface area (Å²) in [6.07, 6.45) is -0.0205. The minimum atomic E-state index is -0.439. The van der Waals surface area contributed by atoms with E-state index >= 15 is 0 Å². The van der Waals surface area contributed by atoms with Crippen molar-refractivity contribution in [1.29, 1.82) is 0 Å². The van der Waals surface area contributed by atoms with E-state index in [0.29, 0.717) is 6.54 Å². The van der Waals surface area contributed by atoms with Crippen LogP contribution in [0.2, 0.25) is 5.02 Å². The van der Waals surface area contributed by atoms with E-state index in [4.69, 9.17) is 11.6 Å². The normalized spacial score (nSPS) is 10.5. The summed E-state index contributed by atoms with van der Waals surface area (Å²) in [4.78, 5) is 14.7. The van der Waals surface area contributed by atoms with Gasteiger partial charge in [-0.2, -0.15) is 0 Å². The van der Waals surface area contributed by atoms with Crippen LogP contribution in [0.3, 0.4) is 0 Å². The largest absolute Gasteiger partial charge is 0.340 e. The lowest BCUT2D eigenvalue weighted by atomic mass is 10.1. The first-order chi connectivity index (χ1) is 9.08.